The number of carbonyl (C=O) groups excluding carboxylic acids is 3. The van der Waals surface area contributed by atoms with Crippen LogP contribution in [0.3, 0.4) is 0 Å². The molecule has 8 heteroatoms. The monoisotopic (exact) mass is 585 g/mol. The Hall–Kier alpha value is -4.17. The number of nitrogens with two attached hydrogens (primary N) is 2. The number of aliphatic hydroxyl groups excluding tert-OH is 1. The lowest BCUT2D eigenvalue weighted by Crippen LogP contribution is -2.28. The Labute approximate surface area is 253 Å². The summed E-state index contributed by atoms with van der Waals surface area (Å²) in [7, 11) is 0. The van der Waals surface area contributed by atoms with Gasteiger partial charge in [0, 0.05) is 49.2 Å². The number of benzene rings is 3. The number of anilines is 3. The quantitative estimate of drug-likeness (QED) is 0.275. The summed E-state index contributed by atoms with van der Waals surface area (Å²) in [6.07, 6.45) is 5.67. The van der Waals surface area contributed by atoms with Crippen molar-refractivity contribution in [3.05, 3.63) is 88.0 Å². The lowest BCUT2D eigenvalue weighted by molar-refractivity contribution is -0.119. The second kappa shape index (κ2) is 13.9. The summed E-state index contributed by atoms with van der Waals surface area (Å²) in [4.78, 5) is 34.4. The van der Waals surface area contributed by atoms with Gasteiger partial charge in [-0.15, -0.1) is 0 Å². The van der Waals surface area contributed by atoms with Crippen molar-refractivity contribution in [2.45, 2.75) is 90.3 Å². The van der Waals surface area contributed by atoms with E-state index in [1.54, 1.807) is 6.07 Å². The number of nitrogens with one attached hydrogen (secondary N) is 1. The minimum atomic E-state index is -0.533. The molecule has 0 aromatic heterocycles. The molecule has 1 atom stereocenters. The van der Waals surface area contributed by atoms with Crippen molar-refractivity contribution in [2.24, 2.45) is 0 Å². The van der Waals surface area contributed by atoms with E-state index in [-0.39, 0.29) is 11.9 Å². The number of rotatable bonds is 1. The van der Waals surface area contributed by atoms with Gasteiger partial charge in [-0.05, 0) is 98.0 Å². The van der Waals surface area contributed by atoms with Gasteiger partial charge in [0.05, 0.1) is 6.10 Å². The number of fused-ring (bicyclic) bond motifs is 3. The summed E-state index contributed by atoms with van der Waals surface area (Å²) in [6, 6.07) is 17.5. The molecule has 6 rings (SSSR count). The molecule has 0 heterocycles. The Morgan fingerprint density at radius 1 is 0.767 bits per heavy atom. The lowest BCUT2D eigenvalue weighted by Gasteiger charge is -2.22. The van der Waals surface area contributed by atoms with Gasteiger partial charge in [0.1, 0.15) is 17.2 Å². The zero-order chi connectivity index (χ0) is 31.1. The third-order valence-electron chi connectivity index (χ3n) is 7.81. The van der Waals surface area contributed by atoms with E-state index in [1.807, 2.05) is 57.2 Å². The van der Waals surface area contributed by atoms with Gasteiger partial charge in [-0.25, -0.2) is 4.79 Å². The van der Waals surface area contributed by atoms with E-state index in [1.165, 1.54) is 11.1 Å². The highest BCUT2D eigenvalue weighted by molar-refractivity contribution is 5.90. The van der Waals surface area contributed by atoms with E-state index in [0.29, 0.717) is 37.2 Å². The molecule has 0 bridgehead atoms. The van der Waals surface area contributed by atoms with E-state index in [0.717, 1.165) is 65.7 Å². The van der Waals surface area contributed by atoms with E-state index in [2.05, 4.69) is 17.4 Å². The van der Waals surface area contributed by atoms with Crippen molar-refractivity contribution >= 4 is 34.7 Å². The van der Waals surface area contributed by atoms with Crippen LogP contribution in [0.5, 0.6) is 0 Å². The summed E-state index contributed by atoms with van der Waals surface area (Å²) in [6.45, 7) is 5.45. The Morgan fingerprint density at radius 2 is 1.28 bits per heavy atom. The van der Waals surface area contributed by atoms with E-state index >= 15 is 0 Å². The molecule has 1 amide bonds. The molecule has 0 radical (unpaired) electrons. The average molecular weight is 586 g/mol. The first-order valence-electron chi connectivity index (χ1n) is 14.9. The van der Waals surface area contributed by atoms with Crippen LogP contribution < -0.4 is 16.8 Å². The first kappa shape index (κ1) is 31.8. The molecule has 6 N–H and O–H groups in total. The lowest BCUT2D eigenvalue weighted by atomic mass is 9.89. The number of ether oxygens (including phenoxy) is 1. The fraction of sp³-hybridized carbons (Fsp3) is 0.400. The number of nitrogen functional groups attached to an aromatic ring is 2. The molecule has 3 aromatic rings. The molecule has 0 aliphatic heterocycles. The molecule has 8 nitrogen and oxygen atoms in total. The first-order chi connectivity index (χ1) is 20.4. The van der Waals surface area contributed by atoms with Gasteiger partial charge in [0.25, 0.3) is 0 Å². The van der Waals surface area contributed by atoms with Crippen molar-refractivity contribution < 1.29 is 24.2 Å². The summed E-state index contributed by atoms with van der Waals surface area (Å²) in [5, 5.41) is 12.2. The Balaban J connectivity index is 0.000000154. The third kappa shape index (κ3) is 8.91. The van der Waals surface area contributed by atoms with Crippen LogP contribution in [-0.4, -0.2) is 34.5 Å². The van der Waals surface area contributed by atoms with Crippen LogP contribution in [0.15, 0.2) is 54.6 Å². The van der Waals surface area contributed by atoms with Gasteiger partial charge in [0.2, 0.25) is 0 Å². The number of Topliss-reactive ketones (excluding diaryl/α,β-unsaturated/α-hetero) is 2. The largest absolute Gasteiger partial charge is 0.444 e. The smallest absolute Gasteiger partial charge is 0.412 e. The molecule has 0 spiro atoms. The number of aryl methyl sites for hydroxylation is 3. The van der Waals surface area contributed by atoms with Crippen LogP contribution in [0.4, 0.5) is 21.9 Å². The summed E-state index contributed by atoms with van der Waals surface area (Å²) >= 11 is 0. The van der Waals surface area contributed by atoms with Crippen molar-refractivity contribution in [3.8, 4) is 0 Å². The Bertz CT molecular complexity index is 1490. The normalized spacial score (nSPS) is 17.1. The maximum absolute atomic E-state index is 11.8. The molecule has 3 aromatic carbocycles. The van der Waals surface area contributed by atoms with Gasteiger partial charge in [-0.1, -0.05) is 36.4 Å². The number of amides is 1. The summed E-state index contributed by atoms with van der Waals surface area (Å²) < 4.78 is 5.22. The van der Waals surface area contributed by atoms with Crippen molar-refractivity contribution in [2.75, 3.05) is 16.8 Å². The molecule has 228 valence electrons. The van der Waals surface area contributed by atoms with Crippen molar-refractivity contribution in [1.29, 1.82) is 0 Å². The average Bonchev–Trinajstić information content (AvgIpc) is 2.94. The van der Waals surface area contributed by atoms with Crippen LogP contribution in [-0.2, 0) is 52.9 Å². The molecule has 0 saturated heterocycles. The van der Waals surface area contributed by atoms with Gasteiger partial charge in [-0.2, -0.15) is 0 Å². The van der Waals surface area contributed by atoms with Crippen LogP contribution in [0.1, 0.15) is 73.4 Å². The molecule has 0 saturated carbocycles. The molecule has 0 unspecified atom stereocenters. The molecular formula is C35H43N3O5. The topological polar surface area (TPSA) is 145 Å². The zero-order valence-corrected chi connectivity index (χ0v) is 25.4. The number of hydrogen-bond donors (Lipinski definition) is 4. The van der Waals surface area contributed by atoms with Crippen LogP contribution in [0, 0.1) is 0 Å². The second-order valence-corrected chi connectivity index (χ2v) is 12.4. The minimum Gasteiger partial charge on any atom is -0.444 e. The highest BCUT2D eigenvalue weighted by Gasteiger charge is 2.22. The maximum atomic E-state index is 11.8. The highest BCUT2D eigenvalue weighted by atomic mass is 16.6. The molecular weight excluding hydrogens is 542 g/mol. The van der Waals surface area contributed by atoms with E-state index in [9.17, 15) is 19.5 Å². The highest BCUT2D eigenvalue weighted by Crippen LogP contribution is 2.28. The number of hydrogen-bond acceptors (Lipinski definition) is 7. The predicted molar refractivity (Wildman–Crippen MR) is 170 cm³/mol. The van der Waals surface area contributed by atoms with Gasteiger partial charge >= 0.3 is 6.09 Å². The fourth-order valence-corrected chi connectivity index (χ4v) is 5.63. The number of ketones is 2. The van der Waals surface area contributed by atoms with E-state index in [4.69, 9.17) is 16.2 Å². The number of aliphatic hydroxyl groups is 1. The zero-order valence-electron chi connectivity index (χ0n) is 25.4. The SMILES string of the molecule is CC(C)(C)OC(=O)Nc1cccc2c1CC(=O)CC2.Nc1cccc2c1CC(=O)CC2.Nc1cccc2c1C[C@@H](O)CC2. The first-order valence-corrected chi connectivity index (χ1v) is 14.9. The molecule has 43 heavy (non-hydrogen) atoms. The van der Waals surface area contributed by atoms with E-state index < -0.39 is 11.7 Å². The molecule has 3 aliphatic carbocycles. The summed E-state index contributed by atoms with van der Waals surface area (Å²) in [5.41, 5.74) is 20.1. The van der Waals surface area contributed by atoms with Crippen molar-refractivity contribution in [3.63, 3.8) is 0 Å². The summed E-state index contributed by atoms with van der Waals surface area (Å²) in [5.74, 6) is 0.520. The van der Waals surface area contributed by atoms with Gasteiger partial charge in [-0.3, -0.25) is 14.9 Å². The standard InChI is InChI=1S/C15H19NO3.C10H13NO.C10H11NO/c1-15(2,3)19-14(18)16-13-6-4-5-10-7-8-11(17)9-12(10)13;2*11-10-3-1-2-7-4-5-8(12)6-9(7)10/h4-6H,7-9H2,1-3H3,(H,16,18);1-3,8,12H,4-6,11H2;1-3H,4-6,11H2/t;8-;/m.0./s1. The Kier molecular flexibility index (Phi) is 10.2. The van der Waals surface area contributed by atoms with Crippen molar-refractivity contribution in [1.82, 2.24) is 0 Å². The van der Waals surface area contributed by atoms with Crippen LogP contribution in [0.25, 0.3) is 0 Å². The molecule has 3 aliphatic rings. The minimum absolute atomic E-state index is 0.192. The van der Waals surface area contributed by atoms with Gasteiger partial charge < -0.3 is 21.3 Å². The third-order valence-corrected chi connectivity index (χ3v) is 7.81. The van der Waals surface area contributed by atoms with Crippen LogP contribution >= 0.6 is 0 Å². The second-order valence-electron chi connectivity index (χ2n) is 12.4. The Morgan fingerprint density at radius 3 is 1.88 bits per heavy atom. The van der Waals surface area contributed by atoms with Gasteiger partial charge in [0.15, 0.2) is 0 Å². The number of carbonyl (C=O) groups is 3. The molecule has 0 fully saturated rings. The van der Waals surface area contributed by atoms with Crippen LogP contribution in [0.2, 0.25) is 0 Å². The predicted octanol–water partition coefficient (Wildman–Crippen LogP) is 5.54. The maximum Gasteiger partial charge on any atom is 0.412 e. The fourth-order valence-electron chi connectivity index (χ4n) is 5.63.